The van der Waals surface area contributed by atoms with E-state index in [0.717, 1.165) is 36.0 Å². The third-order valence-electron chi connectivity index (χ3n) is 4.62. The Morgan fingerprint density at radius 1 is 1.32 bits per heavy atom. The van der Waals surface area contributed by atoms with Crippen LogP contribution in [0.4, 0.5) is 0 Å². The van der Waals surface area contributed by atoms with Gasteiger partial charge in [-0.15, -0.1) is 11.3 Å². The smallest absolute Gasteiger partial charge is 0.181 e. The van der Waals surface area contributed by atoms with Gasteiger partial charge in [0, 0.05) is 40.6 Å². The summed E-state index contributed by atoms with van der Waals surface area (Å²) in [6, 6.07) is 10.1. The minimum Gasteiger partial charge on any atom is -0.360 e. The van der Waals surface area contributed by atoms with Crippen LogP contribution in [0.3, 0.4) is 0 Å². The molecule has 3 heterocycles. The summed E-state index contributed by atoms with van der Waals surface area (Å²) in [7, 11) is 0. The van der Waals surface area contributed by atoms with Crippen LogP contribution in [0.5, 0.6) is 0 Å². The number of hydrogen-bond acceptors (Lipinski definition) is 3. The van der Waals surface area contributed by atoms with Crippen molar-refractivity contribution in [3.63, 3.8) is 0 Å². The Balaban J connectivity index is 1.60. The van der Waals surface area contributed by atoms with Crippen molar-refractivity contribution >= 4 is 28.0 Å². The first-order valence-electron chi connectivity index (χ1n) is 7.63. The average Bonchev–Trinajstić information content (AvgIpc) is 3.19. The minimum absolute atomic E-state index is 0.0905. The standard InChI is InChI=1S/C18H18N2OS/c1-12(20-8-6-17-13(11-20)7-9-22-17)18(21)15-10-19-16-5-3-2-4-14(15)16/h2-5,7,9-10,12,19H,6,8,11H2,1H3. The summed E-state index contributed by atoms with van der Waals surface area (Å²) < 4.78 is 0. The van der Waals surface area contributed by atoms with Gasteiger partial charge >= 0.3 is 0 Å². The first kappa shape index (κ1) is 13.7. The Hall–Kier alpha value is -1.91. The SMILES string of the molecule is CC(C(=O)c1c[nH]c2ccccc12)N1CCc2sccc2C1. The number of aromatic nitrogens is 1. The molecule has 4 rings (SSSR count). The third-order valence-corrected chi connectivity index (χ3v) is 5.64. The molecular weight excluding hydrogens is 292 g/mol. The number of nitrogens with one attached hydrogen (secondary N) is 1. The summed E-state index contributed by atoms with van der Waals surface area (Å²) in [5, 5.41) is 3.17. The number of hydrogen-bond donors (Lipinski definition) is 1. The van der Waals surface area contributed by atoms with E-state index in [-0.39, 0.29) is 11.8 Å². The van der Waals surface area contributed by atoms with E-state index in [0.29, 0.717) is 0 Å². The number of nitrogens with zero attached hydrogens (tertiary/aromatic N) is 1. The van der Waals surface area contributed by atoms with Crippen LogP contribution < -0.4 is 0 Å². The highest BCUT2D eigenvalue weighted by atomic mass is 32.1. The highest BCUT2D eigenvalue weighted by Gasteiger charge is 2.27. The van der Waals surface area contributed by atoms with Crippen molar-refractivity contribution in [2.75, 3.05) is 6.54 Å². The number of thiophene rings is 1. The van der Waals surface area contributed by atoms with E-state index in [1.807, 2.05) is 48.7 Å². The van der Waals surface area contributed by atoms with Crippen molar-refractivity contribution in [3.8, 4) is 0 Å². The topological polar surface area (TPSA) is 36.1 Å². The highest BCUT2D eigenvalue weighted by molar-refractivity contribution is 7.10. The number of ketones is 1. The molecule has 0 bridgehead atoms. The summed E-state index contributed by atoms with van der Waals surface area (Å²) in [5.74, 6) is 0.205. The Morgan fingerprint density at radius 3 is 3.09 bits per heavy atom. The second-order valence-electron chi connectivity index (χ2n) is 5.88. The first-order valence-corrected chi connectivity index (χ1v) is 8.51. The van der Waals surface area contributed by atoms with Gasteiger partial charge in [-0.1, -0.05) is 18.2 Å². The number of carbonyl (C=O) groups is 1. The maximum Gasteiger partial charge on any atom is 0.181 e. The lowest BCUT2D eigenvalue weighted by molar-refractivity contribution is 0.0822. The molecule has 2 aromatic heterocycles. The predicted molar refractivity (Wildman–Crippen MR) is 90.5 cm³/mol. The van der Waals surface area contributed by atoms with Gasteiger partial charge in [0.25, 0.3) is 0 Å². The predicted octanol–water partition coefficient (Wildman–Crippen LogP) is 3.86. The molecule has 0 spiro atoms. The van der Waals surface area contributed by atoms with Crippen molar-refractivity contribution in [2.24, 2.45) is 0 Å². The van der Waals surface area contributed by atoms with Crippen LogP contribution in [0.2, 0.25) is 0 Å². The first-order chi connectivity index (χ1) is 10.7. The molecular formula is C18H18N2OS. The zero-order valence-electron chi connectivity index (χ0n) is 12.5. The fourth-order valence-electron chi connectivity index (χ4n) is 3.27. The third kappa shape index (κ3) is 2.19. The fraction of sp³-hybridized carbons (Fsp3) is 0.278. The van der Waals surface area contributed by atoms with E-state index in [2.05, 4.69) is 21.3 Å². The van der Waals surface area contributed by atoms with Gasteiger partial charge in [0.1, 0.15) is 0 Å². The van der Waals surface area contributed by atoms with Gasteiger partial charge in [0.05, 0.1) is 6.04 Å². The molecule has 0 saturated carbocycles. The average molecular weight is 310 g/mol. The van der Waals surface area contributed by atoms with Crippen molar-refractivity contribution in [2.45, 2.75) is 25.9 Å². The molecule has 1 aliphatic rings. The zero-order valence-corrected chi connectivity index (χ0v) is 13.3. The normalized spacial score (nSPS) is 16.6. The van der Waals surface area contributed by atoms with Crippen molar-refractivity contribution in [1.29, 1.82) is 0 Å². The monoisotopic (exact) mass is 310 g/mol. The number of aromatic amines is 1. The highest BCUT2D eigenvalue weighted by Crippen LogP contribution is 2.27. The molecule has 3 nitrogen and oxygen atoms in total. The molecule has 0 amide bonds. The molecule has 1 atom stereocenters. The lowest BCUT2D eigenvalue weighted by Crippen LogP contribution is -2.41. The number of benzene rings is 1. The lowest BCUT2D eigenvalue weighted by atomic mass is 10.0. The van der Waals surface area contributed by atoms with Crippen LogP contribution in [0, 0.1) is 0 Å². The maximum atomic E-state index is 12.9. The van der Waals surface area contributed by atoms with Gasteiger partial charge in [0.15, 0.2) is 5.78 Å². The fourth-order valence-corrected chi connectivity index (χ4v) is 4.16. The minimum atomic E-state index is -0.0905. The molecule has 1 unspecified atom stereocenters. The second kappa shape index (κ2) is 5.38. The summed E-state index contributed by atoms with van der Waals surface area (Å²) in [5.41, 5.74) is 3.21. The Morgan fingerprint density at radius 2 is 2.18 bits per heavy atom. The largest absolute Gasteiger partial charge is 0.360 e. The number of para-hydroxylation sites is 1. The number of H-pyrrole nitrogens is 1. The Bertz CT molecular complexity index is 832. The summed E-state index contributed by atoms with van der Waals surface area (Å²) in [4.78, 5) is 19.9. The summed E-state index contributed by atoms with van der Waals surface area (Å²) in [6.45, 7) is 3.87. The number of rotatable bonds is 3. The molecule has 1 N–H and O–H groups in total. The molecule has 0 fully saturated rings. The maximum absolute atomic E-state index is 12.9. The van der Waals surface area contributed by atoms with Crippen molar-refractivity contribution < 1.29 is 4.79 Å². The second-order valence-corrected chi connectivity index (χ2v) is 6.88. The van der Waals surface area contributed by atoms with Crippen LogP contribution >= 0.6 is 11.3 Å². The summed E-state index contributed by atoms with van der Waals surface area (Å²) >= 11 is 1.83. The molecule has 1 aromatic carbocycles. The van der Waals surface area contributed by atoms with Crippen LogP contribution in [-0.4, -0.2) is 28.3 Å². The van der Waals surface area contributed by atoms with Crippen LogP contribution in [0.15, 0.2) is 41.9 Å². The molecule has 0 saturated heterocycles. The molecule has 112 valence electrons. The van der Waals surface area contributed by atoms with E-state index in [9.17, 15) is 4.79 Å². The molecule has 1 aliphatic heterocycles. The zero-order chi connectivity index (χ0) is 15.1. The quantitative estimate of drug-likeness (QED) is 0.746. The van der Waals surface area contributed by atoms with E-state index in [4.69, 9.17) is 0 Å². The van der Waals surface area contributed by atoms with Crippen LogP contribution in [0.25, 0.3) is 10.9 Å². The van der Waals surface area contributed by atoms with E-state index < -0.39 is 0 Å². The van der Waals surface area contributed by atoms with E-state index in [1.165, 1.54) is 10.4 Å². The Labute approximate surface area is 133 Å². The van der Waals surface area contributed by atoms with Gasteiger partial charge in [-0.25, -0.2) is 0 Å². The van der Waals surface area contributed by atoms with Gasteiger partial charge in [-0.05, 0) is 36.4 Å². The number of Topliss-reactive ketones (excluding diaryl/α,β-unsaturated/α-hetero) is 1. The van der Waals surface area contributed by atoms with Crippen molar-refractivity contribution in [3.05, 3.63) is 57.9 Å². The van der Waals surface area contributed by atoms with Crippen LogP contribution in [0.1, 0.15) is 27.7 Å². The van der Waals surface area contributed by atoms with E-state index in [1.54, 1.807) is 0 Å². The molecule has 4 heteroatoms. The summed E-state index contributed by atoms with van der Waals surface area (Å²) in [6.07, 6.45) is 2.90. The molecule has 22 heavy (non-hydrogen) atoms. The van der Waals surface area contributed by atoms with Gasteiger partial charge < -0.3 is 4.98 Å². The van der Waals surface area contributed by atoms with Gasteiger partial charge in [0.2, 0.25) is 0 Å². The van der Waals surface area contributed by atoms with Crippen LogP contribution in [-0.2, 0) is 13.0 Å². The van der Waals surface area contributed by atoms with E-state index >= 15 is 0 Å². The van der Waals surface area contributed by atoms with Gasteiger partial charge in [-0.3, -0.25) is 9.69 Å². The van der Waals surface area contributed by atoms with Gasteiger partial charge in [-0.2, -0.15) is 0 Å². The molecule has 0 aliphatic carbocycles. The number of fused-ring (bicyclic) bond motifs is 2. The Kier molecular flexibility index (Phi) is 3.36. The van der Waals surface area contributed by atoms with Crippen molar-refractivity contribution in [1.82, 2.24) is 9.88 Å². The number of carbonyl (C=O) groups excluding carboxylic acids is 1. The lowest BCUT2D eigenvalue weighted by Gasteiger charge is -2.31. The molecule has 3 aromatic rings. The molecule has 0 radical (unpaired) electrons.